The minimum absolute atomic E-state index is 0.0629. The Morgan fingerprint density at radius 3 is 2.61 bits per heavy atom. The Kier molecular flexibility index (Phi) is 6.01. The largest absolute Gasteiger partial charge is 0.493 e. The van der Waals surface area contributed by atoms with Crippen LogP contribution in [0.25, 0.3) is 0 Å². The number of ether oxygens (including phenoxy) is 1. The number of amides is 1. The maximum atomic E-state index is 12.3. The molecule has 6 nitrogen and oxygen atoms in total. The molecule has 128 valence electrons. The molecule has 2 N–H and O–H groups in total. The van der Waals surface area contributed by atoms with E-state index in [2.05, 4.69) is 0 Å². The van der Waals surface area contributed by atoms with Gasteiger partial charge in [0, 0.05) is 25.4 Å². The maximum Gasteiger partial charge on any atom is 0.226 e. The Balaban J connectivity index is 1.83. The summed E-state index contributed by atoms with van der Waals surface area (Å²) in [5.41, 5.74) is 5.73. The number of likely N-dealkylation sites (tertiary alicyclic amines) is 1. The van der Waals surface area contributed by atoms with Crippen LogP contribution in [0.15, 0.2) is 29.2 Å². The predicted molar refractivity (Wildman–Crippen MR) is 88.1 cm³/mol. The van der Waals surface area contributed by atoms with Crippen molar-refractivity contribution in [2.24, 2.45) is 5.73 Å². The van der Waals surface area contributed by atoms with Gasteiger partial charge in [-0.25, -0.2) is 8.42 Å². The first-order valence-electron chi connectivity index (χ1n) is 7.84. The number of carbonyl (C=O) groups is 1. The van der Waals surface area contributed by atoms with Crippen LogP contribution in [0.5, 0.6) is 5.75 Å². The predicted octanol–water partition coefficient (Wildman–Crippen LogP) is 1.20. The normalized spacial score (nSPS) is 18.7. The highest BCUT2D eigenvalue weighted by atomic mass is 32.2. The first-order valence-corrected chi connectivity index (χ1v) is 9.73. The molecule has 1 aromatic rings. The third-order valence-corrected chi connectivity index (χ3v) is 5.18. The summed E-state index contributed by atoms with van der Waals surface area (Å²) in [6.07, 6.45) is 4.57. The van der Waals surface area contributed by atoms with Crippen LogP contribution in [0.4, 0.5) is 0 Å². The summed E-state index contributed by atoms with van der Waals surface area (Å²) in [6.45, 7) is 1.54. The van der Waals surface area contributed by atoms with Crippen molar-refractivity contribution in [1.82, 2.24) is 4.90 Å². The summed E-state index contributed by atoms with van der Waals surface area (Å²) >= 11 is 0. The highest BCUT2D eigenvalue weighted by Crippen LogP contribution is 2.18. The molecule has 1 unspecified atom stereocenters. The zero-order chi connectivity index (χ0) is 16.9. The van der Waals surface area contributed by atoms with E-state index in [1.165, 1.54) is 12.1 Å². The molecule has 0 bridgehead atoms. The molecule has 1 heterocycles. The van der Waals surface area contributed by atoms with E-state index in [1.54, 1.807) is 12.1 Å². The number of benzene rings is 1. The minimum Gasteiger partial charge on any atom is -0.493 e. The first kappa shape index (κ1) is 17.7. The average molecular weight is 340 g/mol. The summed E-state index contributed by atoms with van der Waals surface area (Å²) < 4.78 is 28.3. The van der Waals surface area contributed by atoms with Gasteiger partial charge in [-0.3, -0.25) is 4.79 Å². The molecule has 1 amide bonds. The molecule has 1 atom stereocenters. The molecule has 0 saturated carbocycles. The van der Waals surface area contributed by atoms with Gasteiger partial charge < -0.3 is 15.4 Å². The van der Waals surface area contributed by atoms with Gasteiger partial charge in [0.05, 0.1) is 17.9 Å². The van der Waals surface area contributed by atoms with Crippen molar-refractivity contribution < 1.29 is 17.9 Å². The zero-order valence-corrected chi connectivity index (χ0v) is 14.2. The zero-order valence-electron chi connectivity index (χ0n) is 13.4. The SMILES string of the molecule is CS(=O)(=O)c1ccc(OCCC(=O)N2CCCCC2CN)cc1. The molecule has 1 aliphatic heterocycles. The standard InChI is InChI=1S/C16H24N2O4S/c1-23(20,21)15-7-5-14(6-8-15)22-11-9-16(19)18-10-3-2-4-13(18)12-17/h5-8,13H,2-4,9-12,17H2,1H3. The van der Waals surface area contributed by atoms with Crippen LogP contribution in [0.3, 0.4) is 0 Å². The lowest BCUT2D eigenvalue weighted by Gasteiger charge is -2.35. The summed E-state index contributed by atoms with van der Waals surface area (Å²) in [5.74, 6) is 0.618. The molecule has 23 heavy (non-hydrogen) atoms. The first-order chi connectivity index (χ1) is 10.9. The van der Waals surface area contributed by atoms with Crippen LogP contribution in [0.1, 0.15) is 25.7 Å². The Hall–Kier alpha value is -1.60. The van der Waals surface area contributed by atoms with Crippen LogP contribution in [0.2, 0.25) is 0 Å². The number of nitrogens with zero attached hydrogens (tertiary/aromatic N) is 1. The Morgan fingerprint density at radius 1 is 1.30 bits per heavy atom. The lowest BCUT2D eigenvalue weighted by molar-refractivity contribution is -0.135. The van der Waals surface area contributed by atoms with Crippen molar-refractivity contribution in [1.29, 1.82) is 0 Å². The van der Waals surface area contributed by atoms with Crippen LogP contribution < -0.4 is 10.5 Å². The number of sulfone groups is 1. The molecular weight excluding hydrogens is 316 g/mol. The maximum absolute atomic E-state index is 12.3. The van der Waals surface area contributed by atoms with Crippen molar-refractivity contribution >= 4 is 15.7 Å². The third-order valence-electron chi connectivity index (χ3n) is 4.06. The number of piperidine rings is 1. The smallest absolute Gasteiger partial charge is 0.226 e. The monoisotopic (exact) mass is 340 g/mol. The van der Waals surface area contributed by atoms with Crippen molar-refractivity contribution in [3.63, 3.8) is 0 Å². The summed E-state index contributed by atoms with van der Waals surface area (Å²) in [4.78, 5) is 14.4. The molecule has 1 fully saturated rings. The van der Waals surface area contributed by atoms with Crippen molar-refractivity contribution in [2.75, 3.05) is 26.0 Å². The van der Waals surface area contributed by atoms with Gasteiger partial charge in [0.15, 0.2) is 9.84 Å². The van der Waals surface area contributed by atoms with E-state index >= 15 is 0 Å². The van der Waals surface area contributed by atoms with Gasteiger partial charge >= 0.3 is 0 Å². The Bertz CT molecular complexity index is 628. The second-order valence-corrected chi connectivity index (χ2v) is 7.83. The summed E-state index contributed by atoms with van der Waals surface area (Å²) in [6, 6.07) is 6.35. The van der Waals surface area contributed by atoms with E-state index in [4.69, 9.17) is 10.5 Å². The number of nitrogens with two attached hydrogens (primary N) is 1. The fourth-order valence-electron chi connectivity index (χ4n) is 2.76. The van der Waals surface area contributed by atoms with Crippen LogP contribution in [-0.2, 0) is 14.6 Å². The number of hydrogen-bond acceptors (Lipinski definition) is 5. The van der Waals surface area contributed by atoms with Gasteiger partial charge in [-0.2, -0.15) is 0 Å². The number of hydrogen-bond donors (Lipinski definition) is 1. The molecular formula is C16H24N2O4S. The second-order valence-electron chi connectivity index (χ2n) is 5.81. The van der Waals surface area contributed by atoms with E-state index in [9.17, 15) is 13.2 Å². The molecule has 1 saturated heterocycles. The topological polar surface area (TPSA) is 89.7 Å². The van der Waals surface area contributed by atoms with Gasteiger partial charge in [0.25, 0.3) is 0 Å². The third kappa shape index (κ3) is 4.94. The minimum atomic E-state index is -3.21. The second kappa shape index (κ2) is 7.79. The van der Waals surface area contributed by atoms with Crippen LogP contribution >= 0.6 is 0 Å². The van der Waals surface area contributed by atoms with E-state index in [0.29, 0.717) is 18.7 Å². The fraction of sp³-hybridized carbons (Fsp3) is 0.562. The van der Waals surface area contributed by atoms with Gasteiger partial charge in [0.1, 0.15) is 5.75 Å². The Labute approximate surface area is 137 Å². The number of carbonyl (C=O) groups excluding carboxylic acids is 1. The lowest BCUT2D eigenvalue weighted by Crippen LogP contribution is -2.47. The fourth-order valence-corrected chi connectivity index (χ4v) is 3.39. The average Bonchev–Trinajstić information content (AvgIpc) is 2.54. The van der Waals surface area contributed by atoms with Gasteiger partial charge in [-0.15, -0.1) is 0 Å². The molecule has 0 radical (unpaired) electrons. The Morgan fingerprint density at radius 2 is 2.00 bits per heavy atom. The van der Waals surface area contributed by atoms with Crippen LogP contribution in [0, 0.1) is 0 Å². The highest BCUT2D eigenvalue weighted by Gasteiger charge is 2.25. The van der Waals surface area contributed by atoms with Gasteiger partial charge in [-0.1, -0.05) is 0 Å². The van der Waals surface area contributed by atoms with Gasteiger partial charge in [0.2, 0.25) is 5.91 Å². The quantitative estimate of drug-likeness (QED) is 0.840. The van der Waals surface area contributed by atoms with Crippen LogP contribution in [-0.4, -0.2) is 51.2 Å². The van der Waals surface area contributed by atoms with Crippen molar-refractivity contribution in [3.8, 4) is 5.75 Å². The molecule has 0 aromatic heterocycles. The van der Waals surface area contributed by atoms with Gasteiger partial charge in [-0.05, 0) is 43.5 Å². The van der Waals surface area contributed by atoms with Crippen molar-refractivity contribution in [3.05, 3.63) is 24.3 Å². The molecule has 0 spiro atoms. The highest BCUT2D eigenvalue weighted by molar-refractivity contribution is 7.90. The summed E-state index contributed by atoms with van der Waals surface area (Å²) in [5, 5.41) is 0. The molecule has 1 aromatic carbocycles. The molecule has 2 rings (SSSR count). The lowest BCUT2D eigenvalue weighted by atomic mass is 10.0. The van der Waals surface area contributed by atoms with E-state index in [1.807, 2.05) is 4.90 Å². The molecule has 7 heteroatoms. The molecule has 1 aliphatic rings. The van der Waals surface area contributed by atoms with E-state index < -0.39 is 9.84 Å². The van der Waals surface area contributed by atoms with E-state index in [0.717, 1.165) is 32.1 Å². The van der Waals surface area contributed by atoms with Crippen molar-refractivity contribution in [2.45, 2.75) is 36.6 Å². The summed E-state index contributed by atoms with van der Waals surface area (Å²) in [7, 11) is -3.21. The number of rotatable bonds is 6. The van der Waals surface area contributed by atoms with E-state index in [-0.39, 0.29) is 23.5 Å². The molecule has 0 aliphatic carbocycles.